The lowest BCUT2D eigenvalue weighted by molar-refractivity contribution is -0.138. The molecule has 1 aliphatic heterocycles. The summed E-state index contributed by atoms with van der Waals surface area (Å²) in [7, 11) is 1.78. The molecule has 1 atom stereocenters. The van der Waals surface area contributed by atoms with E-state index in [-0.39, 0.29) is 24.4 Å². The monoisotopic (exact) mass is 241 g/mol. The molecule has 0 radical (unpaired) electrons. The molecule has 1 saturated heterocycles. The fraction of sp³-hybridized carbons (Fsp3) is 0.833. The van der Waals surface area contributed by atoms with Crippen molar-refractivity contribution >= 4 is 11.8 Å². The third-order valence-corrected chi connectivity index (χ3v) is 3.08. The second kappa shape index (κ2) is 6.59. The molecule has 0 saturated carbocycles. The van der Waals surface area contributed by atoms with Crippen LogP contribution in [-0.4, -0.2) is 54.3 Å². The fourth-order valence-electron chi connectivity index (χ4n) is 1.93. The van der Waals surface area contributed by atoms with Crippen molar-refractivity contribution in [2.24, 2.45) is 5.73 Å². The van der Waals surface area contributed by atoms with E-state index in [1.165, 1.54) is 0 Å². The van der Waals surface area contributed by atoms with E-state index in [0.717, 1.165) is 25.8 Å². The molecule has 0 aliphatic carbocycles. The quantitative estimate of drug-likeness (QED) is 0.764. The number of amides is 2. The summed E-state index contributed by atoms with van der Waals surface area (Å²) < 4.78 is 0. The second-order valence-electron chi connectivity index (χ2n) is 4.85. The number of likely N-dealkylation sites (N-methyl/N-ethyl adjacent to an activating group) is 1. The molecular formula is C12H23N3O2. The molecule has 17 heavy (non-hydrogen) atoms. The second-order valence-corrected chi connectivity index (χ2v) is 4.85. The van der Waals surface area contributed by atoms with Gasteiger partial charge in [0, 0.05) is 32.6 Å². The van der Waals surface area contributed by atoms with Gasteiger partial charge in [0.05, 0.1) is 6.54 Å². The standard InChI is InChI=1S/C12H23N3O2/c1-10(13)5-3-6-11(16)15-8-4-7-14(2)12(17)9-15/h10H,3-9,13H2,1-2H3. The molecular weight excluding hydrogens is 218 g/mol. The summed E-state index contributed by atoms with van der Waals surface area (Å²) in [6.45, 7) is 3.60. The Balaban J connectivity index is 2.38. The first-order valence-corrected chi connectivity index (χ1v) is 6.28. The van der Waals surface area contributed by atoms with Crippen LogP contribution in [0, 0.1) is 0 Å². The molecule has 5 nitrogen and oxygen atoms in total. The van der Waals surface area contributed by atoms with Crippen LogP contribution in [0.3, 0.4) is 0 Å². The molecule has 0 aromatic carbocycles. The van der Waals surface area contributed by atoms with Gasteiger partial charge < -0.3 is 15.5 Å². The van der Waals surface area contributed by atoms with E-state index in [1.54, 1.807) is 16.8 Å². The van der Waals surface area contributed by atoms with Crippen LogP contribution in [0.1, 0.15) is 32.6 Å². The SMILES string of the molecule is CC(N)CCCC(=O)N1CCCN(C)C(=O)C1. The Morgan fingerprint density at radius 3 is 2.82 bits per heavy atom. The Morgan fingerprint density at radius 1 is 1.47 bits per heavy atom. The average Bonchev–Trinajstić information content (AvgIpc) is 2.41. The molecule has 0 spiro atoms. The minimum absolute atomic E-state index is 0.0306. The number of nitrogens with zero attached hydrogens (tertiary/aromatic N) is 2. The van der Waals surface area contributed by atoms with Gasteiger partial charge in [-0.25, -0.2) is 0 Å². The molecule has 2 N–H and O–H groups in total. The zero-order valence-electron chi connectivity index (χ0n) is 10.8. The van der Waals surface area contributed by atoms with Crippen molar-refractivity contribution in [1.82, 2.24) is 9.80 Å². The van der Waals surface area contributed by atoms with E-state index >= 15 is 0 Å². The summed E-state index contributed by atoms with van der Waals surface area (Å²) in [6, 6.07) is 0.139. The van der Waals surface area contributed by atoms with Crippen LogP contribution in [0.25, 0.3) is 0 Å². The molecule has 0 bridgehead atoms. The molecule has 1 unspecified atom stereocenters. The largest absolute Gasteiger partial charge is 0.344 e. The normalized spacial score (nSPS) is 19.1. The number of hydrogen-bond donors (Lipinski definition) is 1. The van der Waals surface area contributed by atoms with Crippen LogP contribution in [0.15, 0.2) is 0 Å². The lowest BCUT2D eigenvalue weighted by Crippen LogP contribution is -2.38. The minimum Gasteiger partial charge on any atom is -0.344 e. The van der Waals surface area contributed by atoms with Crippen LogP contribution in [0.2, 0.25) is 0 Å². The van der Waals surface area contributed by atoms with Gasteiger partial charge in [-0.1, -0.05) is 0 Å². The third kappa shape index (κ3) is 4.73. The van der Waals surface area contributed by atoms with Crippen LogP contribution in [0.5, 0.6) is 0 Å². The molecule has 0 aromatic heterocycles. The number of hydrogen-bond acceptors (Lipinski definition) is 3. The number of carbonyl (C=O) groups is 2. The summed E-state index contributed by atoms with van der Waals surface area (Å²) in [5.41, 5.74) is 5.64. The van der Waals surface area contributed by atoms with Crippen molar-refractivity contribution in [3.63, 3.8) is 0 Å². The first-order chi connectivity index (χ1) is 8.00. The van der Waals surface area contributed by atoms with Gasteiger partial charge in [-0.2, -0.15) is 0 Å². The smallest absolute Gasteiger partial charge is 0.241 e. The Morgan fingerprint density at radius 2 is 2.18 bits per heavy atom. The van der Waals surface area contributed by atoms with Crippen molar-refractivity contribution < 1.29 is 9.59 Å². The maximum Gasteiger partial charge on any atom is 0.241 e. The highest BCUT2D eigenvalue weighted by Crippen LogP contribution is 2.07. The first-order valence-electron chi connectivity index (χ1n) is 6.28. The number of rotatable bonds is 4. The topological polar surface area (TPSA) is 66.6 Å². The van der Waals surface area contributed by atoms with Crippen LogP contribution < -0.4 is 5.73 Å². The van der Waals surface area contributed by atoms with E-state index in [1.807, 2.05) is 6.92 Å². The van der Waals surface area contributed by atoms with E-state index in [2.05, 4.69) is 0 Å². The van der Waals surface area contributed by atoms with Crippen LogP contribution >= 0.6 is 0 Å². The third-order valence-electron chi connectivity index (χ3n) is 3.08. The van der Waals surface area contributed by atoms with Gasteiger partial charge in [-0.15, -0.1) is 0 Å². The molecule has 0 aromatic rings. The van der Waals surface area contributed by atoms with E-state index < -0.39 is 0 Å². The summed E-state index contributed by atoms with van der Waals surface area (Å²) in [5.74, 6) is 0.109. The number of carbonyl (C=O) groups excluding carboxylic acids is 2. The Kier molecular flexibility index (Phi) is 5.41. The Hall–Kier alpha value is -1.10. The molecule has 98 valence electrons. The lowest BCUT2D eigenvalue weighted by Gasteiger charge is -2.19. The maximum absolute atomic E-state index is 11.9. The summed E-state index contributed by atoms with van der Waals surface area (Å²) in [4.78, 5) is 26.9. The zero-order chi connectivity index (χ0) is 12.8. The number of nitrogens with two attached hydrogens (primary N) is 1. The maximum atomic E-state index is 11.9. The summed E-state index contributed by atoms with van der Waals surface area (Å²) in [5, 5.41) is 0. The minimum atomic E-state index is 0.0306. The average molecular weight is 241 g/mol. The highest BCUT2D eigenvalue weighted by molar-refractivity contribution is 5.85. The van der Waals surface area contributed by atoms with Crippen molar-refractivity contribution in [3.8, 4) is 0 Å². The molecule has 1 aliphatic rings. The van der Waals surface area contributed by atoms with Gasteiger partial charge in [0.2, 0.25) is 11.8 Å². The fourth-order valence-corrected chi connectivity index (χ4v) is 1.93. The van der Waals surface area contributed by atoms with Gasteiger partial charge in [0.15, 0.2) is 0 Å². The molecule has 1 rings (SSSR count). The van der Waals surface area contributed by atoms with Gasteiger partial charge >= 0.3 is 0 Å². The van der Waals surface area contributed by atoms with Gasteiger partial charge in [0.1, 0.15) is 0 Å². The molecule has 5 heteroatoms. The van der Waals surface area contributed by atoms with E-state index in [0.29, 0.717) is 13.0 Å². The van der Waals surface area contributed by atoms with E-state index in [4.69, 9.17) is 5.73 Å². The summed E-state index contributed by atoms with van der Waals surface area (Å²) in [6.07, 6.45) is 3.02. The highest BCUT2D eigenvalue weighted by atomic mass is 16.2. The molecule has 2 amide bonds. The van der Waals surface area contributed by atoms with Gasteiger partial charge in [-0.3, -0.25) is 9.59 Å². The molecule has 1 heterocycles. The highest BCUT2D eigenvalue weighted by Gasteiger charge is 2.22. The molecule has 1 fully saturated rings. The van der Waals surface area contributed by atoms with Crippen molar-refractivity contribution in [3.05, 3.63) is 0 Å². The van der Waals surface area contributed by atoms with Crippen molar-refractivity contribution in [2.45, 2.75) is 38.6 Å². The Bertz CT molecular complexity index is 279. The van der Waals surface area contributed by atoms with Crippen LogP contribution in [-0.2, 0) is 9.59 Å². The predicted octanol–water partition coefficient (Wildman–Crippen LogP) is 0.195. The zero-order valence-corrected chi connectivity index (χ0v) is 10.8. The predicted molar refractivity (Wildman–Crippen MR) is 66.3 cm³/mol. The first kappa shape index (κ1) is 14.0. The van der Waals surface area contributed by atoms with Crippen molar-refractivity contribution in [1.29, 1.82) is 0 Å². The van der Waals surface area contributed by atoms with Gasteiger partial charge in [-0.05, 0) is 26.2 Å². The van der Waals surface area contributed by atoms with Crippen molar-refractivity contribution in [2.75, 3.05) is 26.7 Å². The Labute approximate surface area is 103 Å². The van der Waals surface area contributed by atoms with Crippen LogP contribution in [0.4, 0.5) is 0 Å². The lowest BCUT2D eigenvalue weighted by atomic mass is 10.1. The summed E-state index contributed by atoms with van der Waals surface area (Å²) >= 11 is 0. The van der Waals surface area contributed by atoms with Gasteiger partial charge in [0.25, 0.3) is 0 Å². The van der Waals surface area contributed by atoms with E-state index in [9.17, 15) is 9.59 Å².